The lowest BCUT2D eigenvalue weighted by Crippen LogP contribution is -2.00. The SMILES string of the molecule is COc1ccc(CNc2ccc(Cl)c(F)c2)cc1Br. The van der Waals surface area contributed by atoms with Gasteiger partial charge in [-0.15, -0.1) is 0 Å². The van der Waals surface area contributed by atoms with Crippen molar-refractivity contribution in [3.8, 4) is 5.75 Å². The molecule has 2 nitrogen and oxygen atoms in total. The zero-order valence-corrected chi connectivity index (χ0v) is 12.6. The molecule has 0 saturated heterocycles. The largest absolute Gasteiger partial charge is 0.496 e. The molecule has 0 radical (unpaired) electrons. The maximum Gasteiger partial charge on any atom is 0.143 e. The first kappa shape index (κ1) is 14.2. The van der Waals surface area contributed by atoms with Crippen LogP contribution in [0.4, 0.5) is 10.1 Å². The summed E-state index contributed by atoms with van der Waals surface area (Å²) < 4.78 is 19.3. The summed E-state index contributed by atoms with van der Waals surface area (Å²) >= 11 is 9.05. The third-order valence-corrected chi connectivity index (χ3v) is 3.56. The van der Waals surface area contributed by atoms with Gasteiger partial charge < -0.3 is 10.1 Å². The van der Waals surface area contributed by atoms with Crippen molar-refractivity contribution in [1.29, 1.82) is 0 Å². The van der Waals surface area contributed by atoms with Gasteiger partial charge in [0.1, 0.15) is 11.6 Å². The zero-order chi connectivity index (χ0) is 13.8. The summed E-state index contributed by atoms with van der Waals surface area (Å²) in [6, 6.07) is 10.4. The smallest absolute Gasteiger partial charge is 0.143 e. The van der Waals surface area contributed by atoms with Crippen LogP contribution in [0.5, 0.6) is 5.75 Å². The molecule has 0 spiro atoms. The van der Waals surface area contributed by atoms with Crippen LogP contribution in [0.1, 0.15) is 5.56 Å². The molecule has 5 heteroatoms. The van der Waals surface area contributed by atoms with Crippen molar-refractivity contribution in [3.05, 3.63) is 57.3 Å². The van der Waals surface area contributed by atoms with Gasteiger partial charge >= 0.3 is 0 Å². The monoisotopic (exact) mass is 343 g/mol. The van der Waals surface area contributed by atoms with Crippen molar-refractivity contribution in [2.45, 2.75) is 6.54 Å². The topological polar surface area (TPSA) is 21.3 Å². The van der Waals surface area contributed by atoms with Crippen LogP contribution in [0, 0.1) is 5.82 Å². The minimum absolute atomic E-state index is 0.123. The number of rotatable bonds is 4. The highest BCUT2D eigenvalue weighted by Crippen LogP contribution is 2.26. The predicted octanol–water partition coefficient (Wildman–Crippen LogP) is 4.86. The molecular formula is C14H12BrClFNO. The lowest BCUT2D eigenvalue weighted by molar-refractivity contribution is 0.412. The number of hydrogen-bond donors (Lipinski definition) is 1. The van der Waals surface area contributed by atoms with Crippen LogP contribution < -0.4 is 10.1 Å². The van der Waals surface area contributed by atoms with E-state index >= 15 is 0 Å². The number of ether oxygens (including phenoxy) is 1. The predicted molar refractivity (Wildman–Crippen MR) is 79.4 cm³/mol. The Kier molecular flexibility index (Phi) is 4.66. The van der Waals surface area contributed by atoms with Crippen LogP contribution >= 0.6 is 27.5 Å². The van der Waals surface area contributed by atoms with E-state index in [0.717, 1.165) is 15.8 Å². The molecule has 0 aromatic heterocycles. The van der Waals surface area contributed by atoms with E-state index in [0.29, 0.717) is 12.2 Å². The Bertz CT molecular complexity index is 592. The Hall–Kier alpha value is -1.26. The molecule has 0 saturated carbocycles. The third-order valence-electron chi connectivity index (χ3n) is 2.63. The Balaban J connectivity index is 2.05. The summed E-state index contributed by atoms with van der Waals surface area (Å²) in [4.78, 5) is 0. The number of nitrogens with one attached hydrogen (secondary N) is 1. The van der Waals surface area contributed by atoms with E-state index in [2.05, 4.69) is 21.2 Å². The van der Waals surface area contributed by atoms with Gasteiger partial charge in [-0.3, -0.25) is 0 Å². The highest BCUT2D eigenvalue weighted by Gasteiger charge is 2.03. The van der Waals surface area contributed by atoms with E-state index in [-0.39, 0.29) is 5.02 Å². The van der Waals surface area contributed by atoms with Crippen molar-refractivity contribution in [2.24, 2.45) is 0 Å². The maximum atomic E-state index is 13.3. The van der Waals surface area contributed by atoms with Crippen LogP contribution in [-0.2, 0) is 6.54 Å². The number of benzene rings is 2. The fourth-order valence-corrected chi connectivity index (χ4v) is 2.34. The van der Waals surface area contributed by atoms with Gasteiger partial charge in [0.15, 0.2) is 0 Å². The quantitative estimate of drug-likeness (QED) is 0.855. The molecule has 0 aliphatic heterocycles. The van der Waals surface area contributed by atoms with Gasteiger partial charge in [-0.25, -0.2) is 4.39 Å². The Morgan fingerprint density at radius 3 is 2.68 bits per heavy atom. The summed E-state index contributed by atoms with van der Waals surface area (Å²) in [5.41, 5.74) is 1.75. The zero-order valence-electron chi connectivity index (χ0n) is 10.2. The summed E-state index contributed by atoms with van der Waals surface area (Å²) in [5.74, 6) is 0.351. The second-order valence-corrected chi connectivity index (χ2v) is 5.21. The molecule has 1 N–H and O–H groups in total. The molecule has 0 bridgehead atoms. The van der Waals surface area contributed by atoms with Gasteiger partial charge in [0, 0.05) is 12.2 Å². The standard InChI is InChI=1S/C14H12BrClFNO/c1-19-14-5-2-9(6-11(14)15)8-18-10-3-4-12(16)13(17)7-10/h2-7,18H,8H2,1H3. The highest BCUT2D eigenvalue weighted by atomic mass is 79.9. The molecule has 0 atom stereocenters. The van der Waals surface area contributed by atoms with Gasteiger partial charge in [0.25, 0.3) is 0 Å². The van der Waals surface area contributed by atoms with Crippen LogP contribution in [-0.4, -0.2) is 7.11 Å². The molecular weight excluding hydrogens is 333 g/mol. The van der Waals surface area contributed by atoms with Gasteiger partial charge in [0.05, 0.1) is 16.6 Å². The normalized spacial score (nSPS) is 10.3. The molecule has 2 rings (SSSR count). The van der Waals surface area contributed by atoms with Crippen molar-refractivity contribution < 1.29 is 9.13 Å². The van der Waals surface area contributed by atoms with E-state index < -0.39 is 5.82 Å². The lowest BCUT2D eigenvalue weighted by Gasteiger charge is -2.09. The van der Waals surface area contributed by atoms with E-state index in [1.165, 1.54) is 12.1 Å². The summed E-state index contributed by atoms with van der Waals surface area (Å²) in [6.45, 7) is 0.587. The van der Waals surface area contributed by atoms with Crippen molar-refractivity contribution >= 4 is 33.2 Å². The molecule has 2 aromatic carbocycles. The van der Waals surface area contributed by atoms with Gasteiger partial charge in [-0.05, 0) is 51.8 Å². The number of halogens is 3. The molecule has 0 amide bonds. The number of hydrogen-bond acceptors (Lipinski definition) is 2. The molecule has 0 aliphatic carbocycles. The fraction of sp³-hybridized carbons (Fsp3) is 0.143. The molecule has 19 heavy (non-hydrogen) atoms. The maximum absolute atomic E-state index is 13.3. The first-order valence-electron chi connectivity index (χ1n) is 5.61. The first-order chi connectivity index (χ1) is 9.10. The Labute approximate surface area is 124 Å². The minimum Gasteiger partial charge on any atom is -0.496 e. The average Bonchev–Trinajstić information content (AvgIpc) is 2.40. The molecule has 100 valence electrons. The molecule has 0 fully saturated rings. The van der Waals surface area contributed by atoms with Gasteiger partial charge in [0.2, 0.25) is 0 Å². The van der Waals surface area contributed by atoms with Crippen molar-refractivity contribution in [1.82, 2.24) is 0 Å². The lowest BCUT2D eigenvalue weighted by atomic mass is 10.2. The summed E-state index contributed by atoms with van der Waals surface area (Å²) in [7, 11) is 1.62. The van der Waals surface area contributed by atoms with E-state index in [1.807, 2.05) is 18.2 Å². The Morgan fingerprint density at radius 2 is 2.05 bits per heavy atom. The molecule has 0 aliphatic rings. The van der Waals surface area contributed by atoms with Crippen LogP contribution in [0.15, 0.2) is 40.9 Å². The first-order valence-corrected chi connectivity index (χ1v) is 6.78. The van der Waals surface area contributed by atoms with Gasteiger partial charge in [-0.2, -0.15) is 0 Å². The van der Waals surface area contributed by atoms with Gasteiger partial charge in [-0.1, -0.05) is 17.7 Å². The van der Waals surface area contributed by atoms with Crippen LogP contribution in [0.2, 0.25) is 5.02 Å². The van der Waals surface area contributed by atoms with Crippen LogP contribution in [0.25, 0.3) is 0 Å². The van der Waals surface area contributed by atoms with Crippen molar-refractivity contribution in [2.75, 3.05) is 12.4 Å². The molecule has 2 aromatic rings. The minimum atomic E-state index is -0.428. The molecule has 0 heterocycles. The number of methoxy groups -OCH3 is 1. The second kappa shape index (κ2) is 6.26. The van der Waals surface area contributed by atoms with Crippen molar-refractivity contribution in [3.63, 3.8) is 0 Å². The fourth-order valence-electron chi connectivity index (χ4n) is 1.63. The summed E-state index contributed by atoms with van der Waals surface area (Å²) in [6.07, 6.45) is 0. The number of anilines is 1. The molecule has 0 unspecified atom stereocenters. The third kappa shape index (κ3) is 3.61. The summed E-state index contributed by atoms with van der Waals surface area (Å²) in [5, 5.41) is 3.26. The highest BCUT2D eigenvalue weighted by molar-refractivity contribution is 9.10. The Morgan fingerprint density at radius 1 is 1.26 bits per heavy atom. The van der Waals surface area contributed by atoms with E-state index in [4.69, 9.17) is 16.3 Å². The van der Waals surface area contributed by atoms with Crippen LogP contribution in [0.3, 0.4) is 0 Å². The second-order valence-electron chi connectivity index (χ2n) is 3.95. The van der Waals surface area contributed by atoms with E-state index in [9.17, 15) is 4.39 Å². The van der Waals surface area contributed by atoms with E-state index in [1.54, 1.807) is 13.2 Å². The average molecular weight is 345 g/mol.